The molecule has 4 heteroatoms. The van der Waals surface area contributed by atoms with Crippen molar-refractivity contribution >= 4 is 27.9 Å². The molecule has 90 valence electrons. The highest BCUT2D eigenvalue weighted by molar-refractivity contribution is 9.10. The van der Waals surface area contributed by atoms with E-state index in [1.54, 1.807) is 6.07 Å². The van der Waals surface area contributed by atoms with E-state index in [0.29, 0.717) is 18.5 Å². The maximum atomic E-state index is 11.1. The summed E-state index contributed by atoms with van der Waals surface area (Å²) < 4.78 is 0.882. The molecule has 0 aliphatic carbocycles. The number of halogens is 1. The van der Waals surface area contributed by atoms with Crippen molar-refractivity contribution in [2.24, 2.45) is 0 Å². The molecule has 0 aromatic heterocycles. The van der Waals surface area contributed by atoms with Crippen LogP contribution in [-0.2, 0) is 0 Å². The molecule has 0 heterocycles. The zero-order valence-corrected chi connectivity index (χ0v) is 11.6. The smallest absolute Gasteiger partial charge is 0.152 e. The summed E-state index contributed by atoms with van der Waals surface area (Å²) >= 11 is 3.35. The summed E-state index contributed by atoms with van der Waals surface area (Å²) in [6, 6.07) is 8.00. The van der Waals surface area contributed by atoms with Gasteiger partial charge in [-0.2, -0.15) is 5.26 Å². The first kappa shape index (κ1) is 13.7. The Morgan fingerprint density at radius 1 is 1.53 bits per heavy atom. The van der Waals surface area contributed by atoms with E-state index in [9.17, 15) is 4.79 Å². The van der Waals surface area contributed by atoms with Gasteiger partial charge in [-0.15, -0.1) is 0 Å². The molecule has 0 amide bonds. The minimum Gasteiger partial charge on any atom is -0.367 e. The van der Waals surface area contributed by atoms with Crippen molar-refractivity contribution in [1.82, 2.24) is 0 Å². The molecule has 1 aromatic rings. The molecule has 0 radical (unpaired) electrons. The van der Waals surface area contributed by atoms with Gasteiger partial charge in [-0.05, 0) is 32.0 Å². The Kier molecular flexibility index (Phi) is 5.17. The molecular formula is C13H15BrN2O. The lowest BCUT2D eigenvalue weighted by molar-refractivity contribution is 0.112. The van der Waals surface area contributed by atoms with Crippen LogP contribution in [0.2, 0.25) is 0 Å². The van der Waals surface area contributed by atoms with Crippen LogP contribution in [0, 0.1) is 11.3 Å². The van der Waals surface area contributed by atoms with E-state index in [0.717, 1.165) is 16.4 Å². The third kappa shape index (κ3) is 3.57. The molecule has 1 aromatic carbocycles. The quantitative estimate of drug-likeness (QED) is 0.782. The van der Waals surface area contributed by atoms with Crippen molar-refractivity contribution in [3.05, 3.63) is 28.2 Å². The molecule has 0 fully saturated rings. The first-order valence-electron chi connectivity index (χ1n) is 5.48. The van der Waals surface area contributed by atoms with Gasteiger partial charge in [0.15, 0.2) is 6.29 Å². The van der Waals surface area contributed by atoms with Crippen LogP contribution in [0.4, 0.5) is 5.69 Å². The first-order valence-corrected chi connectivity index (χ1v) is 6.27. The maximum absolute atomic E-state index is 11.1. The second-order valence-electron chi connectivity index (χ2n) is 4.02. The van der Waals surface area contributed by atoms with Crippen molar-refractivity contribution in [2.45, 2.75) is 26.3 Å². The molecule has 0 atom stereocenters. The molecule has 0 bridgehead atoms. The molecule has 0 spiro atoms. The first-order chi connectivity index (χ1) is 8.10. The van der Waals surface area contributed by atoms with Gasteiger partial charge in [-0.1, -0.05) is 15.9 Å². The average Bonchev–Trinajstić information content (AvgIpc) is 2.30. The van der Waals surface area contributed by atoms with Crippen LogP contribution in [0.5, 0.6) is 0 Å². The Morgan fingerprint density at radius 3 is 2.76 bits per heavy atom. The van der Waals surface area contributed by atoms with Crippen LogP contribution in [0.15, 0.2) is 22.7 Å². The van der Waals surface area contributed by atoms with E-state index in [1.165, 1.54) is 0 Å². The fraction of sp³-hybridized carbons (Fsp3) is 0.385. The van der Waals surface area contributed by atoms with Gasteiger partial charge in [0, 0.05) is 28.3 Å². The van der Waals surface area contributed by atoms with Gasteiger partial charge < -0.3 is 4.90 Å². The molecule has 0 aliphatic rings. The van der Waals surface area contributed by atoms with Gasteiger partial charge in [-0.25, -0.2) is 0 Å². The van der Waals surface area contributed by atoms with E-state index in [-0.39, 0.29) is 6.04 Å². The number of benzene rings is 1. The summed E-state index contributed by atoms with van der Waals surface area (Å²) in [4.78, 5) is 13.1. The van der Waals surface area contributed by atoms with Crippen molar-refractivity contribution in [3.8, 4) is 6.07 Å². The minimum absolute atomic E-state index is 0.253. The topological polar surface area (TPSA) is 44.1 Å². The lowest BCUT2D eigenvalue weighted by Gasteiger charge is -2.29. The molecule has 17 heavy (non-hydrogen) atoms. The summed E-state index contributed by atoms with van der Waals surface area (Å²) in [5.74, 6) is 0. The number of anilines is 1. The van der Waals surface area contributed by atoms with Gasteiger partial charge in [0.2, 0.25) is 0 Å². The van der Waals surface area contributed by atoms with E-state index >= 15 is 0 Å². The zero-order chi connectivity index (χ0) is 12.8. The van der Waals surface area contributed by atoms with Crippen molar-refractivity contribution in [1.29, 1.82) is 5.26 Å². The fourth-order valence-electron chi connectivity index (χ4n) is 1.71. The summed E-state index contributed by atoms with van der Waals surface area (Å²) in [7, 11) is 0. The molecule has 0 saturated heterocycles. The standard InChI is InChI=1S/C13H15BrN2O/c1-10(2)16(7-3-6-15)13-5-4-12(14)8-11(13)9-17/h4-5,8-10H,3,7H2,1-2H3. The lowest BCUT2D eigenvalue weighted by atomic mass is 10.1. The normalized spacial score (nSPS) is 10.1. The fourth-order valence-corrected chi connectivity index (χ4v) is 2.09. The number of aldehydes is 1. The van der Waals surface area contributed by atoms with E-state index in [1.807, 2.05) is 26.0 Å². The van der Waals surface area contributed by atoms with Crippen LogP contribution in [0.25, 0.3) is 0 Å². The van der Waals surface area contributed by atoms with Crippen molar-refractivity contribution in [3.63, 3.8) is 0 Å². The number of nitriles is 1. The Bertz CT molecular complexity index is 438. The highest BCUT2D eigenvalue weighted by Gasteiger charge is 2.14. The highest BCUT2D eigenvalue weighted by Crippen LogP contribution is 2.25. The number of rotatable bonds is 5. The largest absolute Gasteiger partial charge is 0.367 e. The van der Waals surface area contributed by atoms with Crippen LogP contribution in [0.3, 0.4) is 0 Å². The number of hydrogen-bond acceptors (Lipinski definition) is 3. The Balaban J connectivity index is 3.09. The van der Waals surface area contributed by atoms with Crippen LogP contribution >= 0.6 is 15.9 Å². The Morgan fingerprint density at radius 2 is 2.24 bits per heavy atom. The molecule has 0 aliphatic heterocycles. The molecule has 0 N–H and O–H groups in total. The van der Waals surface area contributed by atoms with Crippen LogP contribution in [-0.4, -0.2) is 18.9 Å². The molecule has 0 saturated carbocycles. The molecular weight excluding hydrogens is 280 g/mol. The van der Waals surface area contributed by atoms with Crippen LogP contribution in [0.1, 0.15) is 30.6 Å². The van der Waals surface area contributed by atoms with Crippen molar-refractivity contribution in [2.75, 3.05) is 11.4 Å². The van der Waals surface area contributed by atoms with E-state index in [4.69, 9.17) is 5.26 Å². The summed E-state index contributed by atoms with van der Waals surface area (Å²) in [6.07, 6.45) is 1.30. The van der Waals surface area contributed by atoms with Crippen molar-refractivity contribution < 1.29 is 4.79 Å². The lowest BCUT2D eigenvalue weighted by Crippen LogP contribution is -2.32. The van der Waals surface area contributed by atoms with E-state index in [2.05, 4.69) is 26.9 Å². The summed E-state index contributed by atoms with van der Waals surface area (Å²) in [5.41, 5.74) is 1.53. The van der Waals surface area contributed by atoms with Gasteiger partial charge in [0.25, 0.3) is 0 Å². The Labute approximate surface area is 110 Å². The molecule has 1 rings (SSSR count). The third-order valence-electron chi connectivity index (χ3n) is 2.51. The molecule has 0 unspecified atom stereocenters. The number of carbonyl (C=O) groups excluding carboxylic acids is 1. The highest BCUT2D eigenvalue weighted by atomic mass is 79.9. The second-order valence-corrected chi connectivity index (χ2v) is 4.93. The van der Waals surface area contributed by atoms with E-state index < -0.39 is 0 Å². The minimum atomic E-state index is 0.253. The van der Waals surface area contributed by atoms with Gasteiger partial charge in [0.05, 0.1) is 12.5 Å². The SMILES string of the molecule is CC(C)N(CCC#N)c1ccc(Br)cc1C=O. The third-order valence-corrected chi connectivity index (χ3v) is 3.01. The number of carbonyl (C=O) groups is 1. The van der Waals surface area contributed by atoms with Crippen LogP contribution < -0.4 is 4.90 Å². The van der Waals surface area contributed by atoms with Gasteiger partial charge >= 0.3 is 0 Å². The summed E-state index contributed by atoms with van der Waals surface area (Å²) in [6.45, 7) is 4.73. The van der Waals surface area contributed by atoms with Gasteiger partial charge in [-0.3, -0.25) is 4.79 Å². The number of nitrogens with zero attached hydrogens (tertiary/aromatic N) is 2. The molecule has 3 nitrogen and oxygen atoms in total. The predicted octanol–water partition coefficient (Wildman–Crippen LogP) is 3.39. The maximum Gasteiger partial charge on any atom is 0.152 e. The Hall–Kier alpha value is -1.34. The summed E-state index contributed by atoms with van der Waals surface area (Å²) in [5, 5.41) is 8.66. The predicted molar refractivity (Wildman–Crippen MR) is 72.2 cm³/mol. The second kappa shape index (κ2) is 6.41. The number of hydrogen-bond donors (Lipinski definition) is 0. The monoisotopic (exact) mass is 294 g/mol. The van der Waals surface area contributed by atoms with Gasteiger partial charge in [0.1, 0.15) is 0 Å². The zero-order valence-electron chi connectivity index (χ0n) is 9.98. The average molecular weight is 295 g/mol.